The molecule has 0 aliphatic rings. The zero-order valence-corrected chi connectivity index (χ0v) is 13.4. The largest absolute Gasteiger partial charge is 0.249 e. The topological polar surface area (TPSA) is 25.8 Å². The second-order valence-corrected chi connectivity index (χ2v) is 7.22. The lowest BCUT2D eigenvalue weighted by Gasteiger charge is -2.01. The van der Waals surface area contributed by atoms with E-state index in [2.05, 4.69) is 41.8 Å². The predicted octanol–water partition coefficient (Wildman–Crippen LogP) is 4.84. The first-order valence-corrected chi connectivity index (χ1v) is 8.28. The van der Waals surface area contributed by atoms with Gasteiger partial charge < -0.3 is 0 Å². The molecule has 2 aromatic heterocycles. The first kappa shape index (κ1) is 13.4. The Morgan fingerprint density at radius 3 is 1.65 bits per heavy atom. The van der Waals surface area contributed by atoms with Crippen molar-refractivity contribution in [2.24, 2.45) is 0 Å². The quantitative estimate of drug-likeness (QED) is 0.549. The molecule has 0 bridgehead atoms. The van der Waals surface area contributed by atoms with Crippen LogP contribution in [0.15, 0.2) is 55.7 Å². The average Bonchev–Trinajstić information content (AvgIpc) is 2.34. The van der Waals surface area contributed by atoms with E-state index in [9.17, 15) is 0 Å². The van der Waals surface area contributed by atoms with Gasteiger partial charge in [0.15, 0.2) is 0 Å². The van der Waals surface area contributed by atoms with Gasteiger partial charge in [0.25, 0.3) is 0 Å². The number of nitrogens with zero attached hydrogens (tertiary/aromatic N) is 2. The average molecular weight is 392 g/mol. The van der Waals surface area contributed by atoms with Gasteiger partial charge in [-0.3, -0.25) is 0 Å². The van der Waals surface area contributed by atoms with E-state index in [1.807, 2.05) is 36.7 Å². The van der Waals surface area contributed by atoms with Gasteiger partial charge in [0.1, 0.15) is 0 Å². The molecule has 2 heterocycles. The van der Waals surface area contributed by atoms with E-state index in [0.717, 1.165) is 24.1 Å². The van der Waals surface area contributed by atoms with Crippen molar-refractivity contribution in [2.45, 2.75) is 10.1 Å². The van der Waals surface area contributed by atoms with Gasteiger partial charge in [0.05, 0.1) is 15.1 Å². The number of aromatic nitrogens is 2. The molecule has 0 amide bonds. The summed E-state index contributed by atoms with van der Waals surface area (Å²) in [5, 5.41) is 2.96. The van der Waals surface area contributed by atoms with Crippen LogP contribution in [0.1, 0.15) is 0 Å². The van der Waals surface area contributed by atoms with Crippen LogP contribution in [0.4, 0.5) is 0 Å². The Kier molecular flexibility index (Phi) is 5.34. The van der Waals surface area contributed by atoms with Gasteiger partial charge in [0, 0.05) is 21.3 Å². The fourth-order valence-corrected chi connectivity index (χ4v) is 3.30. The Hall–Kier alpha value is -0.0400. The molecule has 0 spiro atoms. The number of rotatable bonds is 4. The molecule has 88 valence electrons. The van der Waals surface area contributed by atoms with Crippen molar-refractivity contribution in [1.29, 1.82) is 0 Å². The molecule has 0 fully saturated rings. The lowest BCUT2D eigenvalue weighted by Crippen LogP contribution is -1.82. The lowest BCUT2D eigenvalue weighted by atomic mass is 10.5. The molecule has 0 saturated heterocycles. The summed E-state index contributed by atoms with van der Waals surface area (Å²) in [6.45, 7) is 0. The molecule has 0 unspecified atom stereocenters. The van der Waals surface area contributed by atoms with E-state index in [1.165, 1.54) is 0 Å². The number of hydrogen-bond donors (Lipinski definition) is 0. The van der Waals surface area contributed by atoms with Crippen LogP contribution in [0.3, 0.4) is 0 Å². The van der Waals surface area contributed by atoms with Crippen LogP contribution in [-0.4, -0.2) is 15.1 Å². The van der Waals surface area contributed by atoms with E-state index >= 15 is 0 Å². The van der Waals surface area contributed by atoms with Crippen molar-refractivity contribution >= 4 is 55.4 Å². The molecule has 0 aliphatic carbocycles. The van der Waals surface area contributed by atoms with E-state index in [0.29, 0.717) is 0 Å². The minimum absolute atomic E-state index is 0.906. The molecule has 0 radical (unpaired) electrons. The summed E-state index contributed by atoms with van der Waals surface area (Å²) < 4.78 is 2.01. The second-order valence-electron chi connectivity index (χ2n) is 3.04. The van der Waals surface area contributed by atoms with Crippen molar-refractivity contribution in [3.63, 3.8) is 0 Å². The Morgan fingerprint density at radius 2 is 1.29 bits per heavy atom. The molecule has 2 rings (SSSR count). The molecule has 17 heavy (non-hydrogen) atoms. The first-order chi connectivity index (χ1) is 8.24. The molecule has 0 aliphatic heterocycles. The minimum Gasteiger partial charge on any atom is -0.249 e. The van der Waals surface area contributed by atoms with E-state index in [4.69, 9.17) is 0 Å². The van der Waals surface area contributed by atoms with Crippen molar-refractivity contribution < 1.29 is 0 Å². The maximum atomic E-state index is 4.30. The van der Waals surface area contributed by atoms with E-state index < -0.39 is 0 Å². The zero-order valence-electron chi connectivity index (χ0n) is 8.64. The summed E-state index contributed by atoms with van der Waals surface area (Å²) in [6.07, 6.45) is 3.62. The van der Waals surface area contributed by atoms with Gasteiger partial charge in [-0.05, 0) is 56.1 Å². The molecular weight excluding hydrogens is 384 g/mol. The minimum atomic E-state index is 0.906. The van der Waals surface area contributed by atoms with Crippen LogP contribution in [0.25, 0.3) is 0 Å². The molecule has 0 saturated carbocycles. The fraction of sp³-hybridized carbons (Fsp3) is 0.0909. The van der Waals surface area contributed by atoms with E-state index in [1.54, 1.807) is 23.5 Å². The van der Waals surface area contributed by atoms with Gasteiger partial charge in [-0.25, -0.2) is 9.97 Å². The van der Waals surface area contributed by atoms with Gasteiger partial charge >= 0.3 is 0 Å². The highest BCUT2D eigenvalue weighted by Gasteiger charge is 1.99. The summed E-state index contributed by atoms with van der Waals surface area (Å²) in [5.74, 6) is 0. The highest BCUT2D eigenvalue weighted by molar-refractivity contribution is 9.10. The Labute approximate surface area is 125 Å². The molecule has 2 aromatic rings. The third-order valence-electron chi connectivity index (χ3n) is 1.81. The van der Waals surface area contributed by atoms with Crippen LogP contribution >= 0.6 is 55.4 Å². The smallest absolute Gasteiger partial charge is 0.0968 e. The SMILES string of the molecule is Brc1ccc(SCSc2ccc(Br)cn2)nc1. The molecule has 6 heteroatoms. The van der Waals surface area contributed by atoms with Crippen molar-refractivity contribution in [2.75, 3.05) is 5.08 Å². The van der Waals surface area contributed by atoms with Crippen molar-refractivity contribution in [3.8, 4) is 0 Å². The zero-order chi connectivity index (χ0) is 12.1. The molecule has 0 aromatic carbocycles. The highest BCUT2D eigenvalue weighted by atomic mass is 79.9. The Bertz CT molecular complexity index is 428. The summed E-state index contributed by atoms with van der Waals surface area (Å²) >= 11 is 10.1. The number of pyridine rings is 2. The summed E-state index contributed by atoms with van der Waals surface area (Å²) in [7, 11) is 0. The Morgan fingerprint density at radius 1 is 0.824 bits per heavy atom. The summed E-state index contributed by atoms with van der Waals surface area (Å²) in [6, 6.07) is 8.00. The van der Waals surface area contributed by atoms with Crippen molar-refractivity contribution in [3.05, 3.63) is 45.6 Å². The van der Waals surface area contributed by atoms with Crippen LogP contribution in [-0.2, 0) is 0 Å². The monoisotopic (exact) mass is 390 g/mol. The van der Waals surface area contributed by atoms with Crippen LogP contribution in [0, 0.1) is 0 Å². The van der Waals surface area contributed by atoms with E-state index in [-0.39, 0.29) is 0 Å². The van der Waals surface area contributed by atoms with Gasteiger partial charge in [-0.1, -0.05) is 23.5 Å². The molecule has 0 atom stereocenters. The summed E-state index contributed by atoms with van der Waals surface area (Å²) in [4.78, 5) is 8.60. The van der Waals surface area contributed by atoms with Crippen LogP contribution < -0.4 is 0 Å². The molecule has 0 N–H and O–H groups in total. The Balaban J connectivity index is 1.83. The van der Waals surface area contributed by atoms with Gasteiger partial charge in [-0.15, -0.1) is 0 Å². The molecule has 2 nitrogen and oxygen atoms in total. The first-order valence-electron chi connectivity index (χ1n) is 4.73. The fourth-order valence-electron chi connectivity index (χ4n) is 1.05. The normalized spacial score (nSPS) is 10.5. The third-order valence-corrected chi connectivity index (χ3v) is 4.77. The third kappa shape index (κ3) is 4.62. The van der Waals surface area contributed by atoms with Gasteiger partial charge in [0.2, 0.25) is 0 Å². The maximum absolute atomic E-state index is 4.30. The number of halogens is 2. The lowest BCUT2D eigenvalue weighted by molar-refractivity contribution is 1.12. The molecular formula is C11H8Br2N2S2. The second kappa shape index (κ2) is 6.78. The summed E-state index contributed by atoms with van der Waals surface area (Å²) in [5.41, 5.74) is 0. The maximum Gasteiger partial charge on any atom is 0.0968 e. The van der Waals surface area contributed by atoms with Crippen LogP contribution in [0.2, 0.25) is 0 Å². The standard InChI is InChI=1S/C11H8Br2N2S2/c12-8-1-3-10(14-5-8)16-7-17-11-4-2-9(13)6-15-11/h1-6H,7H2. The number of hydrogen-bond acceptors (Lipinski definition) is 4. The van der Waals surface area contributed by atoms with Crippen molar-refractivity contribution in [1.82, 2.24) is 9.97 Å². The van der Waals surface area contributed by atoms with Gasteiger partial charge in [-0.2, -0.15) is 0 Å². The van der Waals surface area contributed by atoms with Crippen LogP contribution in [0.5, 0.6) is 0 Å². The highest BCUT2D eigenvalue weighted by Crippen LogP contribution is 2.26. The predicted molar refractivity (Wildman–Crippen MR) is 80.5 cm³/mol. The number of thioether (sulfide) groups is 2.